The molecule has 1 aliphatic rings. The third kappa shape index (κ3) is 9.26. The molecule has 1 fully saturated rings. The highest BCUT2D eigenvalue weighted by Gasteiger charge is 2.09. The maximum absolute atomic E-state index is 5.37. The van der Waals surface area contributed by atoms with Crippen molar-refractivity contribution in [1.82, 2.24) is 15.5 Å². The molecule has 0 radical (unpaired) electrons. The van der Waals surface area contributed by atoms with E-state index in [1.54, 1.807) is 0 Å². The van der Waals surface area contributed by atoms with Gasteiger partial charge in [-0.3, -0.25) is 9.89 Å². The predicted octanol–water partition coefficient (Wildman–Crippen LogP) is 2.09. The zero-order chi connectivity index (χ0) is 16.2. The molecule has 0 aliphatic carbocycles. The summed E-state index contributed by atoms with van der Waals surface area (Å²) in [7, 11) is 0. The van der Waals surface area contributed by atoms with Crippen LogP contribution in [0.15, 0.2) is 4.99 Å². The van der Waals surface area contributed by atoms with Gasteiger partial charge in [0.25, 0.3) is 0 Å². The van der Waals surface area contributed by atoms with E-state index in [1.807, 2.05) is 0 Å². The van der Waals surface area contributed by atoms with Crippen molar-refractivity contribution in [2.24, 2.45) is 10.9 Å². The van der Waals surface area contributed by atoms with Crippen LogP contribution in [0.2, 0.25) is 0 Å². The van der Waals surface area contributed by atoms with E-state index in [4.69, 9.17) is 9.73 Å². The summed E-state index contributed by atoms with van der Waals surface area (Å²) in [5, 5.41) is 6.86. The molecule has 0 spiro atoms. The van der Waals surface area contributed by atoms with E-state index in [0.717, 1.165) is 64.2 Å². The first-order valence-electron chi connectivity index (χ1n) is 8.96. The fourth-order valence-electron chi connectivity index (χ4n) is 2.52. The summed E-state index contributed by atoms with van der Waals surface area (Å²) in [4.78, 5) is 7.16. The lowest BCUT2D eigenvalue weighted by Crippen LogP contribution is -2.42. The SMILES string of the molecule is CCNC(=NCCCN1CCOCC1)NC(C)CCC(C)C. The number of guanidine groups is 1. The zero-order valence-electron chi connectivity index (χ0n) is 15.0. The van der Waals surface area contributed by atoms with Crippen LogP contribution in [0.25, 0.3) is 0 Å². The third-order valence-corrected chi connectivity index (χ3v) is 3.91. The molecule has 1 heterocycles. The molecule has 130 valence electrons. The van der Waals surface area contributed by atoms with Crippen LogP contribution < -0.4 is 10.6 Å². The van der Waals surface area contributed by atoms with Crippen molar-refractivity contribution < 1.29 is 4.74 Å². The van der Waals surface area contributed by atoms with Crippen molar-refractivity contribution in [3.05, 3.63) is 0 Å². The van der Waals surface area contributed by atoms with E-state index in [-0.39, 0.29) is 0 Å². The molecule has 22 heavy (non-hydrogen) atoms. The summed E-state index contributed by atoms with van der Waals surface area (Å²) in [5.41, 5.74) is 0. The monoisotopic (exact) mass is 312 g/mol. The van der Waals surface area contributed by atoms with E-state index < -0.39 is 0 Å². The van der Waals surface area contributed by atoms with E-state index in [9.17, 15) is 0 Å². The quantitative estimate of drug-likeness (QED) is 0.389. The maximum Gasteiger partial charge on any atom is 0.191 e. The first-order valence-corrected chi connectivity index (χ1v) is 8.96. The minimum absolute atomic E-state index is 0.472. The third-order valence-electron chi connectivity index (χ3n) is 3.91. The van der Waals surface area contributed by atoms with E-state index in [2.05, 4.69) is 43.2 Å². The molecule has 0 bridgehead atoms. The average molecular weight is 313 g/mol. The molecule has 5 nitrogen and oxygen atoms in total. The van der Waals surface area contributed by atoms with Gasteiger partial charge in [0.15, 0.2) is 5.96 Å². The lowest BCUT2D eigenvalue weighted by molar-refractivity contribution is 0.0377. The smallest absolute Gasteiger partial charge is 0.191 e. The van der Waals surface area contributed by atoms with Gasteiger partial charge in [0.05, 0.1) is 13.2 Å². The second-order valence-corrected chi connectivity index (χ2v) is 6.58. The summed E-state index contributed by atoms with van der Waals surface area (Å²) >= 11 is 0. The number of aliphatic imine (C=N–C) groups is 1. The Hall–Kier alpha value is -0.810. The lowest BCUT2D eigenvalue weighted by Gasteiger charge is -2.26. The van der Waals surface area contributed by atoms with Crippen LogP contribution in [-0.2, 0) is 4.74 Å². The van der Waals surface area contributed by atoms with Gasteiger partial charge in [-0.1, -0.05) is 13.8 Å². The number of rotatable bonds is 9. The molecule has 0 aromatic heterocycles. The molecule has 2 N–H and O–H groups in total. The molecule has 1 saturated heterocycles. The molecular weight excluding hydrogens is 276 g/mol. The van der Waals surface area contributed by atoms with Gasteiger partial charge >= 0.3 is 0 Å². The van der Waals surface area contributed by atoms with Crippen LogP contribution in [0.1, 0.15) is 47.0 Å². The number of nitrogens with one attached hydrogen (secondary N) is 2. The molecule has 0 amide bonds. The van der Waals surface area contributed by atoms with Gasteiger partial charge in [-0.05, 0) is 39.0 Å². The van der Waals surface area contributed by atoms with Gasteiger partial charge in [-0.2, -0.15) is 0 Å². The minimum atomic E-state index is 0.472. The summed E-state index contributed by atoms with van der Waals surface area (Å²) in [5.74, 6) is 1.72. The normalized spacial score (nSPS) is 18.5. The Balaban J connectivity index is 2.24. The van der Waals surface area contributed by atoms with Crippen molar-refractivity contribution in [2.75, 3.05) is 45.9 Å². The number of morpholine rings is 1. The summed E-state index contributed by atoms with van der Waals surface area (Å²) in [6.45, 7) is 15.7. The molecule has 0 aromatic rings. The Kier molecular flexibility index (Phi) is 10.2. The van der Waals surface area contributed by atoms with Gasteiger partial charge < -0.3 is 15.4 Å². The summed E-state index contributed by atoms with van der Waals surface area (Å²) < 4.78 is 5.37. The van der Waals surface area contributed by atoms with E-state index in [0.29, 0.717) is 6.04 Å². The van der Waals surface area contributed by atoms with Gasteiger partial charge in [0.1, 0.15) is 0 Å². The van der Waals surface area contributed by atoms with Crippen LogP contribution in [0.4, 0.5) is 0 Å². The van der Waals surface area contributed by atoms with E-state index >= 15 is 0 Å². The minimum Gasteiger partial charge on any atom is -0.379 e. The predicted molar refractivity (Wildman–Crippen MR) is 94.5 cm³/mol. The first-order chi connectivity index (χ1) is 10.6. The molecule has 0 aromatic carbocycles. The van der Waals surface area contributed by atoms with Gasteiger partial charge in [0.2, 0.25) is 0 Å². The maximum atomic E-state index is 5.37. The summed E-state index contributed by atoms with van der Waals surface area (Å²) in [6, 6.07) is 0.472. The molecular formula is C17H36N4O. The Morgan fingerprint density at radius 3 is 2.55 bits per heavy atom. The van der Waals surface area contributed by atoms with Crippen LogP contribution in [0, 0.1) is 5.92 Å². The van der Waals surface area contributed by atoms with Crippen LogP contribution in [-0.4, -0.2) is 62.8 Å². The second kappa shape index (κ2) is 11.7. The molecule has 0 saturated carbocycles. The molecule has 5 heteroatoms. The van der Waals surface area contributed by atoms with Crippen molar-refractivity contribution in [3.63, 3.8) is 0 Å². The number of hydrogen-bond donors (Lipinski definition) is 2. The van der Waals surface area contributed by atoms with Crippen molar-refractivity contribution in [3.8, 4) is 0 Å². The Labute approximate surface area is 136 Å². The molecule has 1 rings (SSSR count). The zero-order valence-corrected chi connectivity index (χ0v) is 15.0. The first kappa shape index (κ1) is 19.2. The molecule has 1 aliphatic heterocycles. The Morgan fingerprint density at radius 1 is 1.18 bits per heavy atom. The van der Waals surface area contributed by atoms with Gasteiger partial charge in [0, 0.05) is 38.8 Å². The van der Waals surface area contributed by atoms with E-state index in [1.165, 1.54) is 12.8 Å². The topological polar surface area (TPSA) is 48.9 Å². The fraction of sp³-hybridized carbons (Fsp3) is 0.941. The Bertz CT molecular complexity index is 301. The second-order valence-electron chi connectivity index (χ2n) is 6.58. The van der Waals surface area contributed by atoms with Crippen LogP contribution in [0.5, 0.6) is 0 Å². The number of nitrogens with zero attached hydrogens (tertiary/aromatic N) is 2. The van der Waals surface area contributed by atoms with Crippen molar-refractivity contribution in [1.29, 1.82) is 0 Å². The summed E-state index contributed by atoms with van der Waals surface area (Å²) in [6.07, 6.45) is 3.55. The van der Waals surface area contributed by atoms with Crippen molar-refractivity contribution >= 4 is 5.96 Å². The largest absolute Gasteiger partial charge is 0.379 e. The highest BCUT2D eigenvalue weighted by atomic mass is 16.5. The molecule has 1 atom stereocenters. The van der Waals surface area contributed by atoms with Crippen molar-refractivity contribution in [2.45, 2.75) is 53.0 Å². The average Bonchev–Trinajstić information content (AvgIpc) is 2.50. The number of hydrogen-bond acceptors (Lipinski definition) is 3. The Morgan fingerprint density at radius 2 is 1.91 bits per heavy atom. The lowest BCUT2D eigenvalue weighted by atomic mass is 10.0. The van der Waals surface area contributed by atoms with Gasteiger partial charge in [-0.15, -0.1) is 0 Å². The van der Waals surface area contributed by atoms with Crippen LogP contribution >= 0.6 is 0 Å². The standard InChI is InChI=1S/C17H36N4O/c1-5-18-17(20-16(4)8-7-15(2)3)19-9-6-10-21-11-13-22-14-12-21/h15-16H,5-14H2,1-4H3,(H2,18,19,20). The van der Waals surface area contributed by atoms with Crippen LogP contribution in [0.3, 0.4) is 0 Å². The number of ether oxygens (including phenoxy) is 1. The van der Waals surface area contributed by atoms with Gasteiger partial charge in [-0.25, -0.2) is 0 Å². The molecule has 1 unspecified atom stereocenters. The highest BCUT2D eigenvalue weighted by Crippen LogP contribution is 2.06. The fourth-order valence-corrected chi connectivity index (χ4v) is 2.52. The highest BCUT2D eigenvalue weighted by molar-refractivity contribution is 5.79.